The summed E-state index contributed by atoms with van der Waals surface area (Å²) in [6.07, 6.45) is 1.01. The number of hydrogen-bond donors (Lipinski definition) is 1. The molecule has 1 heterocycles. The number of nitrogens with zero attached hydrogens (tertiary/aromatic N) is 2. The molecule has 0 atom stereocenters. The minimum absolute atomic E-state index is 0.152. The van der Waals surface area contributed by atoms with Gasteiger partial charge in [0.25, 0.3) is 0 Å². The Morgan fingerprint density at radius 1 is 1.14 bits per heavy atom. The van der Waals surface area contributed by atoms with E-state index in [4.69, 9.17) is 27.9 Å². The molecule has 0 spiro atoms. The maximum absolute atomic E-state index is 12.5. The molecular formula is C19H21Cl2N3O4S. The average molecular weight is 458 g/mol. The van der Waals surface area contributed by atoms with Crippen molar-refractivity contribution in [3.63, 3.8) is 0 Å². The van der Waals surface area contributed by atoms with Crippen molar-refractivity contribution < 1.29 is 17.9 Å². The Kier molecular flexibility index (Phi) is 6.89. The van der Waals surface area contributed by atoms with Gasteiger partial charge in [-0.15, -0.1) is 0 Å². The summed E-state index contributed by atoms with van der Waals surface area (Å²) in [5.41, 5.74) is 1.76. The lowest BCUT2D eigenvalue weighted by Gasteiger charge is -2.29. The highest BCUT2D eigenvalue weighted by Gasteiger charge is 2.23. The highest BCUT2D eigenvalue weighted by Crippen LogP contribution is 2.30. The molecule has 0 aromatic heterocycles. The zero-order valence-corrected chi connectivity index (χ0v) is 18.1. The number of carbonyl (C=O) groups is 1. The molecular weight excluding hydrogens is 437 g/mol. The third-order valence-corrected chi connectivity index (χ3v) is 6.07. The van der Waals surface area contributed by atoms with E-state index in [9.17, 15) is 13.2 Å². The molecule has 1 N–H and O–H groups in total. The van der Waals surface area contributed by atoms with E-state index in [0.717, 1.165) is 29.3 Å². The van der Waals surface area contributed by atoms with Crippen molar-refractivity contribution >= 4 is 56.2 Å². The van der Waals surface area contributed by atoms with Crippen LogP contribution in [0.25, 0.3) is 0 Å². The van der Waals surface area contributed by atoms with Gasteiger partial charge in [0.15, 0.2) is 0 Å². The molecule has 2 aromatic carbocycles. The van der Waals surface area contributed by atoms with Gasteiger partial charge in [-0.25, -0.2) is 8.42 Å². The predicted molar refractivity (Wildman–Crippen MR) is 117 cm³/mol. The fourth-order valence-corrected chi connectivity index (χ4v) is 4.26. The fraction of sp³-hybridized carbons (Fsp3) is 0.316. The number of halogens is 2. The molecule has 156 valence electrons. The van der Waals surface area contributed by atoms with Gasteiger partial charge in [0, 0.05) is 29.5 Å². The van der Waals surface area contributed by atoms with Gasteiger partial charge in [0.2, 0.25) is 15.9 Å². The topological polar surface area (TPSA) is 79.0 Å². The highest BCUT2D eigenvalue weighted by molar-refractivity contribution is 7.92. The molecule has 0 saturated carbocycles. The van der Waals surface area contributed by atoms with E-state index in [1.54, 1.807) is 18.2 Å². The molecule has 0 radical (unpaired) electrons. The van der Waals surface area contributed by atoms with Crippen LogP contribution in [0.3, 0.4) is 0 Å². The van der Waals surface area contributed by atoms with Crippen LogP contribution in [0.15, 0.2) is 42.5 Å². The van der Waals surface area contributed by atoms with Crippen LogP contribution < -0.4 is 14.5 Å². The number of ether oxygens (including phenoxy) is 1. The van der Waals surface area contributed by atoms with Crippen molar-refractivity contribution in [2.45, 2.75) is 0 Å². The van der Waals surface area contributed by atoms with Crippen molar-refractivity contribution in [2.75, 3.05) is 53.6 Å². The van der Waals surface area contributed by atoms with E-state index in [1.165, 1.54) is 12.1 Å². The lowest BCUT2D eigenvalue weighted by molar-refractivity contribution is -0.114. The maximum Gasteiger partial charge on any atom is 0.245 e. The van der Waals surface area contributed by atoms with Gasteiger partial charge >= 0.3 is 0 Å². The summed E-state index contributed by atoms with van der Waals surface area (Å²) in [4.78, 5) is 14.7. The second-order valence-corrected chi connectivity index (χ2v) is 9.31. The quantitative estimate of drug-likeness (QED) is 0.719. The summed E-state index contributed by atoms with van der Waals surface area (Å²) >= 11 is 12.1. The van der Waals surface area contributed by atoms with Gasteiger partial charge in [0.1, 0.15) is 6.54 Å². The SMILES string of the molecule is CS(=O)(=O)N(CC(=O)Nc1ccc(N2CCOCC2)cc1)c1cc(Cl)ccc1Cl. The zero-order chi connectivity index (χ0) is 21.0. The summed E-state index contributed by atoms with van der Waals surface area (Å²) in [7, 11) is -3.75. The number of amides is 1. The Hall–Kier alpha value is -2.00. The summed E-state index contributed by atoms with van der Waals surface area (Å²) in [6.45, 7) is 2.58. The van der Waals surface area contributed by atoms with E-state index in [0.29, 0.717) is 23.9 Å². The van der Waals surface area contributed by atoms with Gasteiger partial charge < -0.3 is 15.0 Å². The van der Waals surface area contributed by atoms with Gasteiger partial charge in [-0.2, -0.15) is 0 Å². The summed E-state index contributed by atoms with van der Waals surface area (Å²) in [5, 5.41) is 3.21. The zero-order valence-electron chi connectivity index (χ0n) is 15.8. The van der Waals surface area contributed by atoms with Crippen LogP contribution in [0.4, 0.5) is 17.1 Å². The summed E-state index contributed by atoms with van der Waals surface area (Å²) in [5.74, 6) is -0.495. The molecule has 1 fully saturated rings. The van der Waals surface area contributed by atoms with E-state index in [1.807, 2.05) is 12.1 Å². The molecule has 1 aliphatic heterocycles. The third-order valence-electron chi connectivity index (χ3n) is 4.39. The molecule has 1 amide bonds. The molecule has 1 aliphatic rings. The molecule has 3 rings (SSSR count). The van der Waals surface area contributed by atoms with Gasteiger partial charge in [-0.1, -0.05) is 23.2 Å². The lowest BCUT2D eigenvalue weighted by atomic mass is 10.2. The number of sulfonamides is 1. The van der Waals surface area contributed by atoms with E-state index in [2.05, 4.69) is 10.2 Å². The number of carbonyl (C=O) groups excluding carboxylic acids is 1. The standard InChI is InChI=1S/C19H21Cl2N3O4S/c1-29(26,27)24(18-12-14(20)2-7-17(18)21)13-19(25)22-15-3-5-16(6-4-15)23-8-10-28-11-9-23/h2-7,12H,8-11,13H2,1H3,(H,22,25). The first-order chi connectivity index (χ1) is 13.7. The number of rotatable bonds is 6. The number of anilines is 3. The molecule has 10 heteroatoms. The van der Waals surface area contributed by atoms with E-state index in [-0.39, 0.29) is 10.7 Å². The molecule has 0 unspecified atom stereocenters. The van der Waals surface area contributed by atoms with Gasteiger partial charge in [0.05, 0.1) is 30.2 Å². The molecule has 0 bridgehead atoms. The van der Waals surface area contributed by atoms with E-state index >= 15 is 0 Å². The fourth-order valence-electron chi connectivity index (χ4n) is 2.97. The van der Waals surface area contributed by atoms with Crippen molar-refractivity contribution in [3.8, 4) is 0 Å². The highest BCUT2D eigenvalue weighted by atomic mass is 35.5. The first-order valence-corrected chi connectivity index (χ1v) is 11.5. The van der Waals surface area contributed by atoms with Crippen LogP contribution in [0.2, 0.25) is 10.0 Å². The smallest absolute Gasteiger partial charge is 0.245 e. The van der Waals surface area contributed by atoms with Crippen molar-refractivity contribution in [1.82, 2.24) is 0 Å². The Labute approximate surface area is 180 Å². The second kappa shape index (κ2) is 9.21. The number of hydrogen-bond acceptors (Lipinski definition) is 5. The minimum atomic E-state index is -3.75. The normalized spacial score (nSPS) is 14.5. The number of morpholine rings is 1. The van der Waals surface area contributed by atoms with Crippen LogP contribution in [0, 0.1) is 0 Å². The van der Waals surface area contributed by atoms with Crippen LogP contribution in [-0.2, 0) is 19.6 Å². The lowest BCUT2D eigenvalue weighted by Crippen LogP contribution is -2.37. The van der Waals surface area contributed by atoms with Crippen LogP contribution in [-0.4, -0.2) is 53.4 Å². The Balaban J connectivity index is 1.71. The summed E-state index contributed by atoms with van der Waals surface area (Å²) < 4.78 is 30.7. The molecule has 7 nitrogen and oxygen atoms in total. The van der Waals surface area contributed by atoms with Gasteiger partial charge in [-0.3, -0.25) is 9.10 Å². The van der Waals surface area contributed by atoms with Crippen molar-refractivity contribution in [1.29, 1.82) is 0 Å². The third kappa shape index (κ3) is 5.76. The number of nitrogens with one attached hydrogen (secondary N) is 1. The predicted octanol–water partition coefficient (Wildman–Crippen LogP) is 3.23. The molecule has 0 aliphatic carbocycles. The minimum Gasteiger partial charge on any atom is -0.378 e. The van der Waals surface area contributed by atoms with Crippen molar-refractivity contribution in [3.05, 3.63) is 52.5 Å². The number of benzene rings is 2. The monoisotopic (exact) mass is 457 g/mol. The molecule has 2 aromatic rings. The molecule has 1 saturated heterocycles. The average Bonchev–Trinajstić information content (AvgIpc) is 2.68. The largest absolute Gasteiger partial charge is 0.378 e. The Bertz CT molecular complexity index is 977. The Morgan fingerprint density at radius 3 is 2.41 bits per heavy atom. The molecule has 29 heavy (non-hydrogen) atoms. The Morgan fingerprint density at radius 2 is 1.79 bits per heavy atom. The van der Waals surface area contributed by atoms with Crippen molar-refractivity contribution in [2.24, 2.45) is 0 Å². The first-order valence-electron chi connectivity index (χ1n) is 8.89. The van der Waals surface area contributed by atoms with Gasteiger partial charge in [-0.05, 0) is 42.5 Å². The second-order valence-electron chi connectivity index (χ2n) is 6.56. The first kappa shape index (κ1) is 21.7. The van der Waals surface area contributed by atoms with Crippen LogP contribution in [0.1, 0.15) is 0 Å². The maximum atomic E-state index is 12.5. The van der Waals surface area contributed by atoms with E-state index < -0.39 is 22.5 Å². The van der Waals surface area contributed by atoms with Crippen LogP contribution >= 0.6 is 23.2 Å². The summed E-state index contributed by atoms with van der Waals surface area (Å²) in [6, 6.07) is 11.8. The van der Waals surface area contributed by atoms with Crippen LogP contribution in [0.5, 0.6) is 0 Å².